The molecule has 0 radical (unpaired) electrons. The third-order valence-corrected chi connectivity index (χ3v) is 3.22. The van der Waals surface area contributed by atoms with Crippen LogP contribution in [-0.4, -0.2) is 23.1 Å². The molecule has 21 heavy (non-hydrogen) atoms. The molecule has 0 fully saturated rings. The smallest absolute Gasteiger partial charge is 0.136 e. The van der Waals surface area contributed by atoms with Gasteiger partial charge in [0, 0.05) is 19.2 Å². The summed E-state index contributed by atoms with van der Waals surface area (Å²) in [5.74, 6) is 2.30. The fourth-order valence-electron chi connectivity index (χ4n) is 2.15. The third kappa shape index (κ3) is 3.48. The molecule has 0 aliphatic heterocycles. The van der Waals surface area contributed by atoms with Crippen LogP contribution in [0.3, 0.4) is 0 Å². The van der Waals surface area contributed by atoms with Crippen molar-refractivity contribution in [3.05, 3.63) is 41.7 Å². The second kappa shape index (κ2) is 6.71. The van der Waals surface area contributed by atoms with E-state index in [1.165, 1.54) is 0 Å². The first-order valence-corrected chi connectivity index (χ1v) is 7.04. The van der Waals surface area contributed by atoms with Crippen LogP contribution in [-0.2, 0) is 0 Å². The monoisotopic (exact) mass is 281 g/mol. The van der Waals surface area contributed by atoms with Gasteiger partial charge in [0.15, 0.2) is 0 Å². The zero-order chi connectivity index (χ0) is 15.2. The summed E-state index contributed by atoms with van der Waals surface area (Å²) in [5.41, 5.74) is 1.35. The van der Waals surface area contributed by atoms with Crippen LogP contribution in [0.1, 0.15) is 25.2 Å². The Bertz CT molecular complexity index is 656. The van der Waals surface area contributed by atoms with E-state index < -0.39 is 0 Å². The lowest BCUT2D eigenvalue weighted by Gasteiger charge is -2.20. The highest BCUT2D eigenvalue weighted by atomic mass is 15.2. The Hall–Kier alpha value is -2.61. The van der Waals surface area contributed by atoms with E-state index in [-0.39, 0.29) is 0 Å². The zero-order valence-electron chi connectivity index (χ0n) is 12.6. The van der Waals surface area contributed by atoms with Crippen LogP contribution in [0.15, 0.2) is 30.3 Å². The molecule has 0 aliphatic rings. The lowest BCUT2D eigenvalue weighted by molar-refractivity contribution is 0.835. The molecule has 2 aromatic rings. The largest absolute Gasteiger partial charge is 0.357 e. The molecule has 5 heteroatoms. The van der Waals surface area contributed by atoms with Gasteiger partial charge in [-0.05, 0) is 32.9 Å². The fourth-order valence-corrected chi connectivity index (χ4v) is 2.15. The second-order valence-corrected chi connectivity index (χ2v) is 4.61. The summed E-state index contributed by atoms with van der Waals surface area (Å²) in [4.78, 5) is 11.0. The number of nitrogens with one attached hydrogen (secondary N) is 1. The summed E-state index contributed by atoms with van der Waals surface area (Å²) in [6.45, 7) is 7.84. The lowest BCUT2D eigenvalue weighted by Crippen LogP contribution is -2.23. The Morgan fingerprint density at radius 2 is 1.90 bits per heavy atom. The van der Waals surface area contributed by atoms with Crippen molar-refractivity contribution in [2.75, 3.05) is 23.3 Å². The molecule has 0 bridgehead atoms. The van der Waals surface area contributed by atoms with E-state index >= 15 is 0 Å². The van der Waals surface area contributed by atoms with Gasteiger partial charge in [0.2, 0.25) is 0 Å². The highest BCUT2D eigenvalue weighted by Gasteiger charge is 2.09. The predicted molar refractivity (Wildman–Crippen MR) is 84.8 cm³/mol. The molecule has 2 rings (SSSR count). The fraction of sp³-hybridized carbons (Fsp3) is 0.312. The maximum Gasteiger partial charge on any atom is 0.136 e. The topological polar surface area (TPSA) is 64.8 Å². The van der Waals surface area contributed by atoms with Crippen molar-refractivity contribution in [3.8, 4) is 6.07 Å². The number of hydrogen-bond acceptors (Lipinski definition) is 5. The van der Waals surface area contributed by atoms with Gasteiger partial charge >= 0.3 is 0 Å². The van der Waals surface area contributed by atoms with Crippen LogP contribution in [0, 0.1) is 18.3 Å². The number of nitrogens with zero attached hydrogens (tertiary/aromatic N) is 4. The van der Waals surface area contributed by atoms with E-state index in [1.807, 2.05) is 31.2 Å². The molecule has 0 spiro atoms. The van der Waals surface area contributed by atoms with Gasteiger partial charge < -0.3 is 10.2 Å². The first-order valence-electron chi connectivity index (χ1n) is 7.04. The minimum absolute atomic E-state index is 0.596. The van der Waals surface area contributed by atoms with Gasteiger partial charge in [-0.25, -0.2) is 9.97 Å². The lowest BCUT2D eigenvalue weighted by atomic mass is 10.2. The first kappa shape index (κ1) is 14.8. The molecule has 1 heterocycles. The number of aromatic nitrogens is 2. The van der Waals surface area contributed by atoms with Crippen LogP contribution < -0.4 is 10.2 Å². The van der Waals surface area contributed by atoms with Gasteiger partial charge in [-0.15, -0.1) is 0 Å². The van der Waals surface area contributed by atoms with Crippen LogP contribution >= 0.6 is 0 Å². The average Bonchev–Trinajstić information content (AvgIpc) is 2.48. The van der Waals surface area contributed by atoms with Crippen LogP contribution in [0.2, 0.25) is 0 Å². The molecule has 0 aliphatic carbocycles. The molecule has 1 N–H and O–H groups in total. The van der Waals surface area contributed by atoms with E-state index in [0.29, 0.717) is 17.2 Å². The van der Waals surface area contributed by atoms with E-state index in [1.54, 1.807) is 6.07 Å². The van der Waals surface area contributed by atoms with Crippen molar-refractivity contribution in [2.45, 2.75) is 20.8 Å². The maximum absolute atomic E-state index is 9.14. The first-order chi connectivity index (χ1) is 10.2. The van der Waals surface area contributed by atoms with Gasteiger partial charge in [-0.1, -0.05) is 12.1 Å². The number of para-hydroxylation sites is 1. The summed E-state index contributed by atoms with van der Waals surface area (Å²) in [6, 6.07) is 11.5. The molecule has 1 aromatic carbocycles. The van der Waals surface area contributed by atoms with Crippen molar-refractivity contribution in [1.82, 2.24) is 9.97 Å². The number of hydrogen-bond donors (Lipinski definition) is 1. The van der Waals surface area contributed by atoms with Gasteiger partial charge in [0.25, 0.3) is 0 Å². The van der Waals surface area contributed by atoms with Gasteiger partial charge in [0.1, 0.15) is 23.5 Å². The Labute approximate surface area is 125 Å². The molecule has 0 saturated carbocycles. The van der Waals surface area contributed by atoms with Crippen molar-refractivity contribution in [1.29, 1.82) is 5.26 Å². The summed E-state index contributed by atoms with van der Waals surface area (Å²) in [5, 5.41) is 12.3. The molecule has 0 atom stereocenters. The highest BCUT2D eigenvalue weighted by molar-refractivity contribution is 5.65. The van der Waals surface area contributed by atoms with Gasteiger partial charge in [0.05, 0.1) is 11.3 Å². The third-order valence-electron chi connectivity index (χ3n) is 3.22. The van der Waals surface area contributed by atoms with Gasteiger partial charge in [-0.2, -0.15) is 5.26 Å². The minimum atomic E-state index is 0.596. The molecular weight excluding hydrogens is 262 g/mol. The van der Waals surface area contributed by atoms with Crippen molar-refractivity contribution in [3.63, 3.8) is 0 Å². The number of benzene rings is 1. The predicted octanol–water partition coefficient (Wildman–Crippen LogP) is 3.25. The molecule has 0 amide bonds. The molecule has 108 valence electrons. The summed E-state index contributed by atoms with van der Waals surface area (Å²) in [7, 11) is 0. The van der Waals surface area contributed by atoms with E-state index in [4.69, 9.17) is 5.26 Å². The summed E-state index contributed by atoms with van der Waals surface area (Å²) < 4.78 is 0. The van der Waals surface area contributed by atoms with Crippen LogP contribution in [0.4, 0.5) is 17.3 Å². The van der Waals surface area contributed by atoms with Gasteiger partial charge in [-0.3, -0.25) is 0 Å². The SMILES string of the molecule is CCN(CC)c1cc(Nc2ccccc2C#N)nc(C)n1. The Morgan fingerprint density at radius 1 is 1.19 bits per heavy atom. The van der Waals surface area contributed by atoms with E-state index in [9.17, 15) is 0 Å². The normalized spacial score (nSPS) is 10.0. The van der Waals surface area contributed by atoms with Crippen molar-refractivity contribution < 1.29 is 0 Å². The Morgan fingerprint density at radius 3 is 2.57 bits per heavy atom. The maximum atomic E-state index is 9.14. The van der Waals surface area contributed by atoms with Crippen LogP contribution in [0.25, 0.3) is 0 Å². The molecular formula is C16H19N5. The van der Waals surface area contributed by atoms with Crippen molar-refractivity contribution in [2.24, 2.45) is 0 Å². The highest BCUT2D eigenvalue weighted by Crippen LogP contribution is 2.22. The average molecular weight is 281 g/mol. The van der Waals surface area contributed by atoms with E-state index in [0.717, 1.165) is 24.6 Å². The number of nitriles is 1. The number of aryl methyl sites for hydroxylation is 1. The van der Waals surface area contributed by atoms with Crippen LogP contribution in [0.5, 0.6) is 0 Å². The van der Waals surface area contributed by atoms with Crippen molar-refractivity contribution >= 4 is 17.3 Å². The molecule has 5 nitrogen and oxygen atoms in total. The minimum Gasteiger partial charge on any atom is -0.357 e. The second-order valence-electron chi connectivity index (χ2n) is 4.61. The molecule has 0 saturated heterocycles. The quantitative estimate of drug-likeness (QED) is 0.911. The number of rotatable bonds is 5. The zero-order valence-corrected chi connectivity index (χ0v) is 12.6. The summed E-state index contributed by atoms with van der Waals surface area (Å²) in [6.07, 6.45) is 0. The van der Waals surface area contributed by atoms with E-state index in [2.05, 4.69) is 40.1 Å². The Kier molecular flexibility index (Phi) is 4.72. The number of anilines is 3. The molecule has 0 unspecified atom stereocenters. The standard InChI is InChI=1S/C16H19N5/c1-4-21(5-2)16-10-15(18-12(3)19-16)20-14-9-7-6-8-13(14)11-17/h6-10H,4-5H2,1-3H3,(H,18,19,20). The summed E-state index contributed by atoms with van der Waals surface area (Å²) >= 11 is 0. The Balaban J connectivity index is 2.34. The molecule has 1 aromatic heterocycles.